The number of hydrogen-bond acceptors (Lipinski definition) is 3. The van der Waals surface area contributed by atoms with Crippen molar-refractivity contribution >= 4 is 21.6 Å². The van der Waals surface area contributed by atoms with Gasteiger partial charge in [-0.2, -0.15) is 0 Å². The van der Waals surface area contributed by atoms with Crippen LogP contribution in [0.25, 0.3) is 0 Å². The first-order valence-electron chi connectivity index (χ1n) is 7.13. The van der Waals surface area contributed by atoms with E-state index in [2.05, 4.69) is 10.0 Å². The SMILES string of the molecule is O=C(Nc1cccc(S(=O)(=O)NC2CC2)c1)c1ccc(F)cc1. The molecule has 1 fully saturated rings. The Morgan fingerprint density at radius 3 is 2.43 bits per heavy atom. The van der Waals surface area contributed by atoms with Crippen molar-refractivity contribution in [3.05, 3.63) is 59.9 Å². The first-order valence-corrected chi connectivity index (χ1v) is 8.62. The molecule has 0 bridgehead atoms. The molecule has 1 aliphatic rings. The van der Waals surface area contributed by atoms with E-state index in [-0.39, 0.29) is 16.5 Å². The van der Waals surface area contributed by atoms with E-state index >= 15 is 0 Å². The summed E-state index contributed by atoms with van der Waals surface area (Å²) in [5, 5.41) is 2.61. The Labute approximate surface area is 133 Å². The van der Waals surface area contributed by atoms with Gasteiger partial charge in [0, 0.05) is 17.3 Å². The largest absolute Gasteiger partial charge is 0.322 e. The Hall–Kier alpha value is -2.25. The molecule has 2 aromatic rings. The molecule has 2 N–H and O–H groups in total. The summed E-state index contributed by atoms with van der Waals surface area (Å²) in [5.41, 5.74) is 0.647. The number of rotatable bonds is 5. The van der Waals surface area contributed by atoms with Gasteiger partial charge in [-0.05, 0) is 55.3 Å². The molecule has 0 aliphatic heterocycles. The zero-order chi connectivity index (χ0) is 16.4. The van der Waals surface area contributed by atoms with Crippen LogP contribution in [0.3, 0.4) is 0 Å². The molecule has 0 radical (unpaired) electrons. The minimum atomic E-state index is -3.58. The predicted octanol–water partition coefficient (Wildman–Crippen LogP) is 2.52. The minimum Gasteiger partial charge on any atom is -0.322 e. The summed E-state index contributed by atoms with van der Waals surface area (Å²) in [6.07, 6.45) is 1.69. The van der Waals surface area contributed by atoms with Crippen molar-refractivity contribution in [3.63, 3.8) is 0 Å². The van der Waals surface area contributed by atoms with Crippen molar-refractivity contribution < 1.29 is 17.6 Å². The number of benzene rings is 2. The molecule has 2 aromatic carbocycles. The molecule has 0 heterocycles. The van der Waals surface area contributed by atoms with Gasteiger partial charge in [0.1, 0.15) is 5.82 Å². The fourth-order valence-corrected chi connectivity index (χ4v) is 3.38. The highest BCUT2D eigenvalue weighted by Crippen LogP contribution is 2.23. The highest BCUT2D eigenvalue weighted by atomic mass is 32.2. The van der Waals surface area contributed by atoms with Gasteiger partial charge in [0.15, 0.2) is 0 Å². The van der Waals surface area contributed by atoms with Gasteiger partial charge >= 0.3 is 0 Å². The van der Waals surface area contributed by atoms with Crippen LogP contribution in [-0.4, -0.2) is 20.4 Å². The average molecular weight is 334 g/mol. The Bertz CT molecular complexity index is 831. The van der Waals surface area contributed by atoms with Crippen LogP contribution in [0, 0.1) is 5.82 Å². The molecule has 0 aromatic heterocycles. The van der Waals surface area contributed by atoms with Gasteiger partial charge in [-0.1, -0.05) is 6.07 Å². The molecule has 1 saturated carbocycles. The maximum absolute atomic E-state index is 12.9. The van der Waals surface area contributed by atoms with Crippen molar-refractivity contribution in [3.8, 4) is 0 Å². The zero-order valence-electron chi connectivity index (χ0n) is 12.1. The van der Waals surface area contributed by atoms with Crippen LogP contribution in [0.5, 0.6) is 0 Å². The van der Waals surface area contributed by atoms with E-state index < -0.39 is 21.7 Å². The van der Waals surface area contributed by atoms with Crippen molar-refractivity contribution in [1.82, 2.24) is 4.72 Å². The van der Waals surface area contributed by atoms with E-state index in [1.165, 1.54) is 36.4 Å². The quantitative estimate of drug-likeness (QED) is 0.882. The second kappa shape index (κ2) is 6.10. The maximum Gasteiger partial charge on any atom is 0.255 e. The van der Waals surface area contributed by atoms with Gasteiger partial charge in [0.05, 0.1) is 4.90 Å². The highest BCUT2D eigenvalue weighted by Gasteiger charge is 2.28. The molecular weight excluding hydrogens is 319 g/mol. The van der Waals surface area contributed by atoms with Crippen molar-refractivity contribution in [2.45, 2.75) is 23.8 Å². The number of sulfonamides is 1. The van der Waals surface area contributed by atoms with E-state index in [0.717, 1.165) is 12.8 Å². The Morgan fingerprint density at radius 2 is 1.78 bits per heavy atom. The third-order valence-electron chi connectivity index (χ3n) is 3.41. The lowest BCUT2D eigenvalue weighted by molar-refractivity contribution is 0.102. The Kier molecular flexibility index (Phi) is 4.14. The average Bonchev–Trinajstić information content (AvgIpc) is 3.31. The monoisotopic (exact) mass is 334 g/mol. The van der Waals surface area contributed by atoms with Gasteiger partial charge in [-0.3, -0.25) is 4.79 Å². The normalized spacial score (nSPS) is 14.5. The number of hydrogen-bond donors (Lipinski definition) is 2. The Balaban J connectivity index is 1.77. The van der Waals surface area contributed by atoms with Crippen molar-refractivity contribution in [2.75, 3.05) is 5.32 Å². The van der Waals surface area contributed by atoms with E-state index in [9.17, 15) is 17.6 Å². The summed E-state index contributed by atoms with van der Waals surface area (Å²) in [6, 6.07) is 11.1. The summed E-state index contributed by atoms with van der Waals surface area (Å²) in [5.74, 6) is -0.865. The van der Waals surface area contributed by atoms with Crippen LogP contribution in [0.2, 0.25) is 0 Å². The van der Waals surface area contributed by atoms with Crippen LogP contribution in [0.4, 0.5) is 10.1 Å². The molecule has 120 valence electrons. The summed E-state index contributed by atoms with van der Waals surface area (Å²) >= 11 is 0. The number of nitrogens with one attached hydrogen (secondary N) is 2. The number of carbonyl (C=O) groups excluding carboxylic acids is 1. The van der Waals surface area contributed by atoms with E-state index in [0.29, 0.717) is 5.69 Å². The van der Waals surface area contributed by atoms with Crippen LogP contribution in [-0.2, 0) is 10.0 Å². The lowest BCUT2D eigenvalue weighted by Gasteiger charge is -2.09. The van der Waals surface area contributed by atoms with Gasteiger partial charge in [0.2, 0.25) is 10.0 Å². The Morgan fingerprint density at radius 1 is 1.09 bits per heavy atom. The number of amides is 1. The first-order chi connectivity index (χ1) is 10.9. The van der Waals surface area contributed by atoms with E-state index in [1.807, 2.05) is 0 Å². The predicted molar refractivity (Wildman–Crippen MR) is 84.1 cm³/mol. The number of anilines is 1. The molecule has 3 rings (SSSR count). The zero-order valence-corrected chi connectivity index (χ0v) is 12.9. The molecule has 23 heavy (non-hydrogen) atoms. The van der Waals surface area contributed by atoms with Gasteiger partial charge in [0.25, 0.3) is 5.91 Å². The van der Waals surface area contributed by atoms with Gasteiger partial charge in [-0.25, -0.2) is 17.5 Å². The summed E-state index contributed by atoms with van der Waals surface area (Å²) in [4.78, 5) is 12.2. The van der Waals surface area contributed by atoms with E-state index in [1.54, 1.807) is 12.1 Å². The highest BCUT2D eigenvalue weighted by molar-refractivity contribution is 7.89. The molecular formula is C16H15FN2O3S. The number of halogens is 1. The van der Waals surface area contributed by atoms with Crippen LogP contribution < -0.4 is 10.0 Å². The molecule has 5 nitrogen and oxygen atoms in total. The van der Waals surface area contributed by atoms with Crippen molar-refractivity contribution in [2.24, 2.45) is 0 Å². The molecule has 0 unspecified atom stereocenters. The van der Waals surface area contributed by atoms with Gasteiger partial charge in [-0.15, -0.1) is 0 Å². The second-order valence-corrected chi connectivity index (χ2v) is 7.10. The third-order valence-corrected chi connectivity index (χ3v) is 4.93. The molecule has 1 aliphatic carbocycles. The van der Waals surface area contributed by atoms with Crippen LogP contribution in [0.1, 0.15) is 23.2 Å². The summed E-state index contributed by atoms with van der Waals surface area (Å²) in [7, 11) is -3.58. The molecule has 1 amide bonds. The molecule has 0 saturated heterocycles. The molecule has 0 spiro atoms. The smallest absolute Gasteiger partial charge is 0.255 e. The van der Waals surface area contributed by atoms with Crippen molar-refractivity contribution in [1.29, 1.82) is 0 Å². The third kappa shape index (κ3) is 3.94. The minimum absolute atomic E-state index is 0.0115. The fourth-order valence-electron chi connectivity index (χ4n) is 2.03. The summed E-state index contributed by atoms with van der Waals surface area (Å²) < 4.78 is 39.8. The summed E-state index contributed by atoms with van der Waals surface area (Å²) in [6.45, 7) is 0. The van der Waals surface area contributed by atoms with Crippen LogP contribution in [0.15, 0.2) is 53.4 Å². The lowest BCUT2D eigenvalue weighted by atomic mass is 10.2. The van der Waals surface area contributed by atoms with Crippen LogP contribution >= 0.6 is 0 Å². The maximum atomic E-state index is 12.9. The first kappa shape index (κ1) is 15.6. The topological polar surface area (TPSA) is 75.3 Å². The van der Waals surface area contributed by atoms with E-state index in [4.69, 9.17) is 0 Å². The lowest BCUT2D eigenvalue weighted by Crippen LogP contribution is -2.25. The molecule has 0 atom stereocenters. The standard InChI is InChI=1S/C16H15FN2O3S/c17-12-6-4-11(5-7-12)16(20)18-14-2-1-3-15(10-14)23(21,22)19-13-8-9-13/h1-7,10,13,19H,8-9H2,(H,18,20). The number of carbonyl (C=O) groups is 1. The second-order valence-electron chi connectivity index (χ2n) is 5.38. The molecule has 7 heteroatoms. The fraction of sp³-hybridized carbons (Fsp3) is 0.188. The van der Waals surface area contributed by atoms with Gasteiger partial charge < -0.3 is 5.32 Å².